The number of halogens is 3. The van der Waals surface area contributed by atoms with E-state index in [0.717, 1.165) is 30.5 Å². The number of nitrogens with zero attached hydrogens (tertiary/aromatic N) is 1. The van der Waals surface area contributed by atoms with Crippen molar-refractivity contribution < 1.29 is 32.0 Å². The fraction of sp³-hybridized carbons (Fsp3) is 0.269. The van der Waals surface area contributed by atoms with Crippen LogP contribution in [-0.4, -0.2) is 24.3 Å². The summed E-state index contributed by atoms with van der Waals surface area (Å²) < 4.78 is 46.2. The molecule has 2 aromatic carbocycles. The Morgan fingerprint density at radius 3 is 2.47 bits per heavy atom. The average Bonchev–Trinajstić information content (AvgIpc) is 3.50. The number of aryl methyl sites for hydroxylation is 1. The van der Waals surface area contributed by atoms with Crippen LogP contribution in [0.15, 0.2) is 65.3 Å². The van der Waals surface area contributed by atoms with Crippen LogP contribution in [0.3, 0.4) is 0 Å². The number of furan rings is 1. The molecular weight excluding hydrogens is 475 g/mol. The second-order valence-electron chi connectivity index (χ2n) is 8.50. The van der Waals surface area contributed by atoms with Crippen LogP contribution in [0.1, 0.15) is 41.4 Å². The second kappa shape index (κ2) is 10.3. The third-order valence-corrected chi connectivity index (χ3v) is 5.87. The maximum Gasteiger partial charge on any atom is 0.418 e. The zero-order valence-corrected chi connectivity index (χ0v) is 19.4. The monoisotopic (exact) mass is 499 g/mol. The summed E-state index contributed by atoms with van der Waals surface area (Å²) in [6.45, 7) is 2.13. The molecule has 3 aromatic rings. The normalized spacial score (nSPS) is 15.7. The van der Waals surface area contributed by atoms with Gasteiger partial charge in [0.05, 0.1) is 23.4 Å². The summed E-state index contributed by atoms with van der Waals surface area (Å²) in [6, 6.07) is 13.4. The van der Waals surface area contributed by atoms with E-state index in [1.165, 1.54) is 29.4 Å². The number of rotatable bonds is 7. The van der Waals surface area contributed by atoms with Gasteiger partial charge in [0.15, 0.2) is 5.76 Å². The van der Waals surface area contributed by atoms with E-state index in [-0.39, 0.29) is 30.3 Å². The van der Waals surface area contributed by atoms with Crippen molar-refractivity contribution in [2.24, 2.45) is 5.92 Å². The predicted octanol–water partition coefficient (Wildman–Crippen LogP) is 5.49. The minimum Gasteiger partial charge on any atom is -0.459 e. The number of nitrogens with one attached hydrogen (secondary N) is 2. The standard InChI is InChI=1S/C26H24F3N3O4/c1-2-4-16-6-9-19(10-7-16)32-15-17(13-23(32)33)24(34)31-21-11-8-18(14-20(21)26(27,28)29)30-25(35)22-5-3-12-36-22/h3,5-12,14,17H,2,4,13,15H2,1H3,(H,30,35)(H,31,34). The van der Waals surface area contributed by atoms with Gasteiger partial charge >= 0.3 is 6.18 Å². The lowest BCUT2D eigenvalue weighted by atomic mass is 10.1. The Bertz CT molecular complexity index is 1250. The Hall–Kier alpha value is -4.08. The first-order valence-corrected chi connectivity index (χ1v) is 11.4. The number of carbonyl (C=O) groups excluding carboxylic acids is 3. The molecule has 1 atom stereocenters. The van der Waals surface area contributed by atoms with Crippen molar-refractivity contribution in [2.45, 2.75) is 32.4 Å². The summed E-state index contributed by atoms with van der Waals surface area (Å²) in [5, 5.41) is 4.65. The maximum atomic E-state index is 13.8. The molecule has 1 aliphatic heterocycles. The molecule has 7 nitrogen and oxygen atoms in total. The summed E-state index contributed by atoms with van der Waals surface area (Å²) in [4.78, 5) is 39.0. The molecule has 2 heterocycles. The van der Waals surface area contributed by atoms with E-state index in [0.29, 0.717) is 5.69 Å². The molecule has 10 heteroatoms. The number of hydrogen-bond donors (Lipinski definition) is 2. The highest BCUT2D eigenvalue weighted by Crippen LogP contribution is 2.37. The molecule has 0 bridgehead atoms. The van der Waals surface area contributed by atoms with Gasteiger partial charge in [-0.05, 0) is 54.4 Å². The highest BCUT2D eigenvalue weighted by atomic mass is 19.4. The molecule has 1 aromatic heterocycles. The van der Waals surface area contributed by atoms with Gasteiger partial charge in [0.25, 0.3) is 5.91 Å². The molecule has 0 spiro atoms. The smallest absolute Gasteiger partial charge is 0.418 e. The Labute approximate surface area is 205 Å². The molecule has 1 fully saturated rings. The predicted molar refractivity (Wildman–Crippen MR) is 128 cm³/mol. The molecule has 4 rings (SSSR count). The van der Waals surface area contributed by atoms with Crippen molar-refractivity contribution in [3.63, 3.8) is 0 Å². The molecule has 2 N–H and O–H groups in total. The number of alkyl halides is 3. The van der Waals surface area contributed by atoms with Crippen molar-refractivity contribution in [1.29, 1.82) is 0 Å². The van der Waals surface area contributed by atoms with Crippen LogP contribution in [0.5, 0.6) is 0 Å². The van der Waals surface area contributed by atoms with Gasteiger partial charge in [-0.1, -0.05) is 25.5 Å². The zero-order chi connectivity index (χ0) is 25.9. The largest absolute Gasteiger partial charge is 0.459 e. The van der Waals surface area contributed by atoms with Crippen LogP contribution >= 0.6 is 0 Å². The van der Waals surface area contributed by atoms with Crippen molar-refractivity contribution in [1.82, 2.24) is 0 Å². The fourth-order valence-corrected chi connectivity index (χ4v) is 4.06. The van der Waals surface area contributed by atoms with E-state index in [1.54, 1.807) is 12.1 Å². The van der Waals surface area contributed by atoms with E-state index in [4.69, 9.17) is 4.42 Å². The van der Waals surface area contributed by atoms with Gasteiger partial charge in [-0.2, -0.15) is 13.2 Å². The minimum atomic E-state index is -4.80. The quantitative estimate of drug-likeness (QED) is 0.450. The van der Waals surface area contributed by atoms with Gasteiger partial charge in [0, 0.05) is 24.3 Å². The summed E-state index contributed by atoms with van der Waals surface area (Å²) in [5.74, 6) is -2.54. The van der Waals surface area contributed by atoms with E-state index < -0.39 is 35.2 Å². The SMILES string of the molecule is CCCc1ccc(N2CC(C(=O)Nc3ccc(NC(=O)c4ccco4)cc3C(F)(F)F)CC2=O)cc1. The molecule has 188 valence electrons. The van der Waals surface area contributed by atoms with Gasteiger partial charge in [0.1, 0.15) is 0 Å². The van der Waals surface area contributed by atoms with Crippen molar-refractivity contribution in [3.8, 4) is 0 Å². The maximum absolute atomic E-state index is 13.8. The van der Waals surface area contributed by atoms with E-state index >= 15 is 0 Å². The molecular formula is C26H24F3N3O4. The van der Waals surface area contributed by atoms with Crippen molar-refractivity contribution in [3.05, 3.63) is 77.7 Å². The zero-order valence-electron chi connectivity index (χ0n) is 19.4. The first-order valence-electron chi connectivity index (χ1n) is 11.4. The van der Waals surface area contributed by atoms with Gasteiger partial charge in [-0.15, -0.1) is 0 Å². The topological polar surface area (TPSA) is 91.7 Å². The summed E-state index contributed by atoms with van der Waals surface area (Å²) in [6.07, 6.45) is -1.74. The van der Waals surface area contributed by atoms with Crippen LogP contribution in [-0.2, 0) is 22.2 Å². The Balaban J connectivity index is 1.47. The third-order valence-electron chi connectivity index (χ3n) is 5.87. The highest BCUT2D eigenvalue weighted by Gasteiger charge is 2.38. The minimum absolute atomic E-state index is 0.0589. The van der Waals surface area contributed by atoms with Crippen LogP contribution in [0.2, 0.25) is 0 Å². The van der Waals surface area contributed by atoms with E-state index in [9.17, 15) is 27.6 Å². The van der Waals surface area contributed by atoms with Crippen molar-refractivity contribution >= 4 is 34.8 Å². The molecule has 36 heavy (non-hydrogen) atoms. The number of hydrogen-bond acceptors (Lipinski definition) is 4. The summed E-state index contributed by atoms with van der Waals surface area (Å²) in [5.41, 5.74) is 0.0722. The summed E-state index contributed by atoms with van der Waals surface area (Å²) in [7, 11) is 0. The molecule has 0 radical (unpaired) electrons. The first-order chi connectivity index (χ1) is 17.2. The van der Waals surface area contributed by atoms with Crippen LogP contribution in [0.4, 0.5) is 30.2 Å². The number of carbonyl (C=O) groups is 3. The Kier molecular flexibility index (Phi) is 7.14. The number of amides is 3. The van der Waals surface area contributed by atoms with Gasteiger partial charge in [0.2, 0.25) is 11.8 Å². The Morgan fingerprint density at radius 1 is 1.08 bits per heavy atom. The molecule has 1 unspecified atom stereocenters. The van der Waals surface area contributed by atoms with Gasteiger partial charge < -0.3 is 20.0 Å². The fourth-order valence-electron chi connectivity index (χ4n) is 4.06. The molecule has 1 saturated heterocycles. The van der Waals surface area contributed by atoms with Crippen LogP contribution in [0.25, 0.3) is 0 Å². The van der Waals surface area contributed by atoms with Crippen molar-refractivity contribution in [2.75, 3.05) is 22.1 Å². The van der Waals surface area contributed by atoms with Gasteiger partial charge in [-0.25, -0.2) is 0 Å². The third kappa shape index (κ3) is 5.59. The lowest BCUT2D eigenvalue weighted by Crippen LogP contribution is -2.28. The van der Waals surface area contributed by atoms with Crippen LogP contribution < -0.4 is 15.5 Å². The lowest BCUT2D eigenvalue weighted by Gasteiger charge is -2.19. The van der Waals surface area contributed by atoms with Crippen LogP contribution in [0, 0.1) is 5.92 Å². The molecule has 3 amide bonds. The number of anilines is 3. The first kappa shape index (κ1) is 25.0. The average molecular weight is 499 g/mol. The van der Waals surface area contributed by atoms with E-state index in [2.05, 4.69) is 17.6 Å². The lowest BCUT2D eigenvalue weighted by molar-refractivity contribution is -0.137. The molecule has 0 aliphatic carbocycles. The highest BCUT2D eigenvalue weighted by molar-refractivity contribution is 6.04. The Morgan fingerprint density at radius 2 is 1.83 bits per heavy atom. The second-order valence-corrected chi connectivity index (χ2v) is 8.50. The summed E-state index contributed by atoms with van der Waals surface area (Å²) >= 11 is 0. The van der Waals surface area contributed by atoms with E-state index in [1.807, 2.05) is 12.1 Å². The number of benzene rings is 2. The van der Waals surface area contributed by atoms with Gasteiger partial charge in [-0.3, -0.25) is 14.4 Å². The molecule has 0 saturated carbocycles. The molecule has 1 aliphatic rings.